The molecular formula is C11H16BFO3. The van der Waals surface area contributed by atoms with Gasteiger partial charge in [0, 0.05) is 11.5 Å². The van der Waals surface area contributed by atoms with Gasteiger partial charge < -0.3 is 14.8 Å². The Hall–Kier alpha value is -1.07. The Kier molecular flexibility index (Phi) is 4.77. The standard InChI is InChI=1S/C11H16BFO3/c1-3-4-8(2)16-9-5-6-10(12(14)15)11(13)7-9/h5-8,14-15H,3-4H2,1-2H3. The summed E-state index contributed by atoms with van der Waals surface area (Å²) in [6, 6.07) is 4.01. The number of hydrogen-bond acceptors (Lipinski definition) is 3. The highest BCUT2D eigenvalue weighted by molar-refractivity contribution is 6.58. The van der Waals surface area contributed by atoms with E-state index in [2.05, 4.69) is 0 Å². The molecule has 0 amide bonds. The highest BCUT2D eigenvalue weighted by atomic mass is 19.1. The molecule has 0 saturated heterocycles. The summed E-state index contributed by atoms with van der Waals surface area (Å²) < 4.78 is 18.8. The topological polar surface area (TPSA) is 49.7 Å². The van der Waals surface area contributed by atoms with Gasteiger partial charge in [-0.2, -0.15) is 0 Å². The molecule has 2 N–H and O–H groups in total. The van der Waals surface area contributed by atoms with Gasteiger partial charge >= 0.3 is 7.12 Å². The molecule has 0 aliphatic carbocycles. The molecule has 0 heterocycles. The Morgan fingerprint density at radius 1 is 1.44 bits per heavy atom. The van der Waals surface area contributed by atoms with Crippen LogP contribution >= 0.6 is 0 Å². The lowest BCUT2D eigenvalue weighted by Gasteiger charge is -2.14. The van der Waals surface area contributed by atoms with Crippen molar-refractivity contribution < 1.29 is 19.2 Å². The van der Waals surface area contributed by atoms with E-state index >= 15 is 0 Å². The third-order valence-electron chi connectivity index (χ3n) is 2.28. The molecule has 1 rings (SSSR count). The van der Waals surface area contributed by atoms with Crippen LogP contribution in [0.25, 0.3) is 0 Å². The predicted molar refractivity (Wildman–Crippen MR) is 61.2 cm³/mol. The summed E-state index contributed by atoms with van der Waals surface area (Å²) in [7, 11) is -1.79. The van der Waals surface area contributed by atoms with Crippen LogP contribution in [0.4, 0.5) is 4.39 Å². The fourth-order valence-electron chi connectivity index (χ4n) is 1.49. The maximum absolute atomic E-state index is 13.3. The summed E-state index contributed by atoms with van der Waals surface area (Å²) in [5, 5.41) is 17.7. The van der Waals surface area contributed by atoms with E-state index in [1.54, 1.807) is 0 Å². The molecule has 0 radical (unpaired) electrons. The van der Waals surface area contributed by atoms with Crippen LogP contribution in [-0.2, 0) is 0 Å². The molecule has 0 aromatic heterocycles. The van der Waals surface area contributed by atoms with E-state index in [0.717, 1.165) is 12.8 Å². The first-order chi connectivity index (χ1) is 7.54. The van der Waals surface area contributed by atoms with Crippen molar-refractivity contribution in [2.24, 2.45) is 0 Å². The molecule has 0 aliphatic rings. The Bertz CT molecular complexity index is 344. The monoisotopic (exact) mass is 226 g/mol. The van der Waals surface area contributed by atoms with Crippen LogP contribution in [0.2, 0.25) is 0 Å². The number of hydrogen-bond donors (Lipinski definition) is 2. The minimum Gasteiger partial charge on any atom is -0.491 e. The van der Waals surface area contributed by atoms with Crippen LogP contribution in [0, 0.1) is 5.82 Å². The van der Waals surface area contributed by atoms with Crippen molar-refractivity contribution in [1.29, 1.82) is 0 Å². The lowest BCUT2D eigenvalue weighted by Crippen LogP contribution is -2.32. The smallest absolute Gasteiger partial charge is 0.491 e. The normalized spacial score (nSPS) is 12.3. The van der Waals surface area contributed by atoms with Crippen molar-refractivity contribution in [2.75, 3.05) is 0 Å². The fraction of sp³-hybridized carbons (Fsp3) is 0.455. The van der Waals surface area contributed by atoms with E-state index in [4.69, 9.17) is 14.8 Å². The molecule has 1 unspecified atom stereocenters. The van der Waals surface area contributed by atoms with Gasteiger partial charge in [-0.05, 0) is 19.4 Å². The summed E-state index contributed by atoms with van der Waals surface area (Å²) >= 11 is 0. The molecule has 1 aromatic rings. The average molecular weight is 226 g/mol. The summed E-state index contributed by atoms with van der Waals surface area (Å²) in [5.74, 6) is -0.265. The summed E-state index contributed by atoms with van der Waals surface area (Å²) in [4.78, 5) is 0. The molecule has 1 atom stereocenters. The molecule has 0 bridgehead atoms. The van der Waals surface area contributed by atoms with E-state index in [-0.39, 0.29) is 11.6 Å². The quantitative estimate of drug-likeness (QED) is 0.738. The first-order valence-electron chi connectivity index (χ1n) is 5.36. The SMILES string of the molecule is CCCC(C)Oc1ccc(B(O)O)c(F)c1. The van der Waals surface area contributed by atoms with Gasteiger partial charge in [0.2, 0.25) is 0 Å². The van der Waals surface area contributed by atoms with Gasteiger partial charge in [-0.25, -0.2) is 4.39 Å². The first kappa shape index (κ1) is 13.0. The molecule has 16 heavy (non-hydrogen) atoms. The molecular weight excluding hydrogens is 210 g/mol. The van der Waals surface area contributed by atoms with E-state index < -0.39 is 12.9 Å². The number of benzene rings is 1. The van der Waals surface area contributed by atoms with E-state index in [1.807, 2.05) is 13.8 Å². The first-order valence-corrected chi connectivity index (χ1v) is 5.36. The van der Waals surface area contributed by atoms with Crippen LogP contribution in [-0.4, -0.2) is 23.3 Å². The van der Waals surface area contributed by atoms with Crippen LogP contribution in [0.15, 0.2) is 18.2 Å². The molecule has 3 nitrogen and oxygen atoms in total. The Morgan fingerprint density at radius 3 is 2.62 bits per heavy atom. The second-order valence-corrected chi connectivity index (χ2v) is 3.77. The zero-order valence-corrected chi connectivity index (χ0v) is 9.48. The zero-order valence-electron chi connectivity index (χ0n) is 9.48. The van der Waals surface area contributed by atoms with E-state index in [1.165, 1.54) is 18.2 Å². The molecule has 0 aliphatic heterocycles. The van der Waals surface area contributed by atoms with Gasteiger partial charge in [-0.3, -0.25) is 0 Å². The number of rotatable bonds is 5. The van der Waals surface area contributed by atoms with Crippen molar-refractivity contribution in [3.05, 3.63) is 24.0 Å². The summed E-state index contributed by atoms with van der Waals surface area (Å²) in [6.45, 7) is 3.96. The molecule has 0 spiro atoms. The van der Waals surface area contributed by atoms with Crippen molar-refractivity contribution in [3.63, 3.8) is 0 Å². The second kappa shape index (κ2) is 5.87. The van der Waals surface area contributed by atoms with Crippen LogP contribution in [0.3, 0.4) is 0 Å². The molecule has 5 heteroatoms. The van der Waals surface area contributed by atoms with Crippen molar-refractivity contribution in [3.8, 4) is 5.75 Å². The van der Waals surface area contributed by atoms with Gasteiger partial charge in [-0.15, -0.1) is 0 Å². The lowest BCUT2D eigenvalue weighted by atomic mass is 9.80. The highest BCUT2D eigenvalue weighted by Gasteiger charge is 2.17. The van der Waals surface area contributed by atoms with Crippen LogP contribution in [0.1, 0.15) is 26.7 Å². The second-order valence-electron chi connectivity index (χ2n) is 3.77. The van der Waals surface area contributed by atoms with Gasteiger partial charge in [-0.1, -0.05) is 19.4 Å². The zero-order chi connectivity index (χ0) is 12.1. The third-order valence-corrected chi connectivity index (χ3v) is 2.28. The summed E-state index contributed by atoms with van der Waals surface area (Å²) in [6.07, 6.45) is 1.91. The lowest BCUT2D eigenvalue weighted by molar-refractivity contribution is 0.209. The minimum absolute atomic E-state index is 0.0225. The largest absolute Gasteiger partial charge is 0.491 e. The third kappa shape index (κ3) is 3.50. The molecule has 1 aromatic carbocycles. The van der Waals surface area contributed by atoms with Crippen molar-refractivity contribution >= 4 is 12.6 Å². The van der Waals surface area contributed by atoms with Crippen LogP contribution < -0.4 is 10.2 Å². The Morgan fingerprint density at radius 2 is 2.12 bits per heavy atom. The van der Waals surface area contributed by atoms with Crippen molar-refractivity contribution in [1.82, 2.24) is 0 Å². The average Bonchev–Trinajstić information content (AvgIpc) is 2.17. The van der Waals surface area contributed by atoms with Crippen molar-refractivity contribution in [2.45, 2.75) is 32.8 Å². The fourth-order valence-corrected chi connectivity index (χ4v) is 1.49. The number of halogens is 1. The van der Waals surface area contributed by atoms with Crippen LogP contribution in [0.5, 0.6) is 5.75 Å². The molecule has 0 saturated carbocycles. The predicted octanol–water partition coefficient (Wildman–Crippen LogP) is 1.07. The molecule has 88 valence electrons. The van der Waals surface area contributed by atoms with Gasteiger partial charge in [0.25, 0.3) is 0 Å². The maximum Gasteiger partial charge on any atom is 0.491 e. The van der Waals surface area contributed by atoms with E-state index in [0.29, 0.717) is 5.75 Å². The van der Waals surface area contributed by atoms with Gasteiger partial charge in [0.15, 0.2) is 0 Å². The summed E-state index contributed by atoms with van der Waals surface area (Å²) in [5.41, 5.74) is -0.143. The molecule has 0 fully saturated rings. The Labute approximate surface area is 95.0 Å². The maximum atomic E-state index is 13.3. The highest BCUT2D eigenvalue weighted by Crippen LogP contribution is 2.14. The Balaban J connectivity index is 2.73. The van der Waals surface area contributed by atoms with E-state index in [9.17, 15) is 4.39 Å². The minimum atomic E-state index is -1.79. The number of ether oxygens (including phenoxy) is 1. The van der Waals surface area contributed by atoms with Gasteiger partial charge in [0.1, 0.15) is 11.6 Å². The van der Waals surface area contributed by atoms with Gasteiger partial charge in [0.05, 0.1) is 6.10 Å².